The van der Waals surface area contributed by atoms with Crippen molar-refractivity contribution in [1.82, 2.24) is 67.7 Å². The summed E-state index contributed by atoms with van der Waals surface area (Å²) in [5.74, 6) is -4.20. The minimum atomic E-state index is -1.04. The number of amides is 8. The van der Waals surface area contributed by atoms with Gasteiger partial charge in [0.15, 0.2) is 11.4 Å². The van der Waals surface area contributed by atoms with E-state index in [1.54, 1.807) is 27.9 Å². The fraction of sp³-hybridized carbons (Fsp3) is 0.593. The second-order valence-electron chi connectivity index (χ2n) is 22.8. The molecule has 0 bridgehead atoms. The smallest absolute Gasteiger partial charge is 0.274 e. The number of aromatic amines is 1. The molecule has 4 aliphatic rings. The Labute approximate surface area is 439 Å². The molecular formula is C54H77N13O8. The summed E-state index contributed by atoms with van der Waals surface area (Å²) in [5.41, 5.74) is 2.02. The fourth-order valence-corrected chi connectivity index (χ4v) is 10.7. The Morgan fingerprint density at radius 2 is 0.947 bits per heavy atom. The van der Waals surface area contributed by atoms with Crippen LogP contribution in [0.5, 0.6) is 0 Å². The monoisotopic (exact) mass is 1040 g/mol. The second-order valence-corrected chi connectivity index (χ2v) is 22.8. The van der Waals surface area contributed by atoms with Gasteiger partial charge in [-0.1, -0.05) is 90.1 Å². The first-order valence-electron chi connectivity index (χ1n) is 26.4. The zero-order valence-corrected chi connectivity index (χ0v) is 45.0. The van der Waals surface area contributed by atoms with E-state index in [-0.39, 0.29) is 49.4 Å². The van der Waals surface area contributed by atoms with Gasteiger partial charge >= 0.3 is 0 Å². The highest BCUT2D eigenvalue weighted by Gasteiger charge is 2.48. The van der Waals surface area contributed by atoms with Gasteiger partial charge in [-0.3, -0.25) is 38.4 Å². The van der Waals surface area contributed by atoms with Crippen LogP contribution in [-0.2, 0) is 41.6 Å². The minimum Gasteiger partial charge on any atom is -0.347 e. The number of rotatable bonds is 16. The van der Waals surface area contributed by atoms with Crippen molar-refractivity contribution in [2.45, 2.75) is 167 Å². The molecule has 0 spiro atoms. The molecule has 0 radical (unpaired) electrons. The third-order valence-corrected chi connectivity index (χ3v) is 15.2. The van der Waals surface area contributed by atoms with Crippen LogP contribution < -0.4 is 42.5 Å². The molecule has 10 atom stereocenters. The molecule has 9 N–H and O–H groups in total. The molecule has 8 amide bonds. The van der Waals surface area contributed by atoms with Gasteiger partial charge in [0.25, 0.3) is 11.8 Å². The van der Waals surface area contributed by atoms with Crippen LogP contribution in [-0.4, -0.2) is 148 Å². The Balaban J connectivity index is 1.10. The number of aryl methyl sites for hydroxylation is 2. The van der Waals surface area contributed by atoms with Crippen molar-refractivity contribution in [2.24, 2.45) is 10.8 Å². The molecule has 7 rings (SSSR count). The first-order valence-corrected chi connectivity index (χ1v) is 26.4. The van der Waals surface area contributed by atoms with E-state index in [1.807, 2.05) is 90.1 Å². The third kappa shape index (κ3) is 12.9. The van der Waals surface area contributed by atoms with Gasteiger partial charge < -0.3 is 52.3 Å². The number of hydrogen-bond donors (Lipinski definition) is 9. The highest BCUT2D eigenvalue weighted by atomic mass is 16.2. The number of carbonyl (C=O) groups excluding carboxylic acids is 8. The molecule has 2 fully saturated rings. The predicted molar refractivity (Wildman–Crippen MR) is 279 cm³/mol. The first kappa shape index (κ1) is 56.0. The topological polar surface area (TPSA) is 281 Å². The quantitative estimate of drug-likeness (QED) is 0.0995. The normalized spacial score (nSPS) is 23.1. The van der Waals surface area contributed by atoms with E-state index < -0.39 is 106 Å². The minimum absolute atomic E-state index is 0.0144. The average Bonchev–Trinajstić information content (AvgIpc) is 4.16. The number of hydrogen-bond acceptors (Lipinski definition) is 12. The molecule has 1 aromatic heterocycles. The van der Waals surface area contributed by atoms with Crippen LogP contribution in [0.4, 0.5) is 0 Å². The van der Waals surface area contributed by atoms with Gasteiger partial charge in [0.2, 0.25) is 35.4 Å². The third-order valence-electron chi connectivity index (χ3n) is 15.2. The van der Waals surface area contributed by atoms with Crippen LogP contribution in [0.15, 0.2) is 48.5 Å². The van der Waals surface area contributed by atoms with Crippen molar-refractivity contribution in [3.8, 4) is 0 Å². The summed E-state index contributed by atoms with van der Waals surface area (Å²) in [7, 11) is 3.28. The molecule has 2 unspecified atom stereocenters. The zero-order valence-electron chi connectivity index (χ0n) is 45.0. The van der Waals surface area contributed by atoms with Gasteiger partial charge in [-0.25, -0.2) is 0 Å². The number of likely N-dealkylation sites (tertiary alicyclic amines) is 2. The lowest BCUT2D eigenvalue weighted by Crippen LogP contribution is -2.59. The van der Waals surface area contributed by atoms with E-state index in [0.717, 1.165) is 47.9 Å². The Kier molecular flexibility index (Phi) is 17.5. The van der Waals surface area contributed by atoms with E-state index in [1.165, 1.54) is 9.80 Å². The van der Waals surface area contributed by atoms with Crippen molar-refractivity contribution in [3.63, 3.8) is 0 Å². The SMILES string of the molecule is CN[C@@H](C)C(=O)N[C@H](C(=O)N1C[C@@H](NC(=O)c2n[nH]nc2C(=O)N[C@H]2C[C@@H](C(=O)NC3CCCc4ccccc43)N(C(=O)[C@@H](NC(=O)[C@H](C)NC)C(C)(C)C)C2)CC1C(=O)N[C@@H]1CCCc2ccccc21)C(C)(C)C. The van der Waals surface area contributed by atoms with E-state index >= 15 is 0 Å². The zero-order chi connectivity index (χ0) is 54.5. The standard InChI is InChI=1S/C54H77N13O8/c1-29(55-9)45(68)61-43(53(3,4)5)51(74)66-27-33(25-39(66)47(70)59-37-23-15-19-31-17-11-13-21-35(31)37)57-49(72)41-42(64-65-63-41)50(73)58-34-26-40(48(71)60-38-24-16-20-32-18-12-14-22-36(32)38)67(28-34)52(75)44(54(6,7)8)62-46(69)30(2)56-10/h11-14,17-18,21-22,29-30,33-34,37-40,43-44,55-56H,15-16,19-20,23-28H2,1-10H3,(H,57,72)(H,58,73)(H,59,70)(H,60,71)(H,61,68)(H,62,69)(H,63,64,65)/t29-,30-,33-,34-,37+,38?,39?,40-,43+,44+/m0/s1. The summed E-state index contributed by atoms with van der Waals surface area (Å²) in [6.45, 7) is 14.1. The van der Waals surface area contributed by atoms with E-state index in [0.29, 0.717) is 12.8 Å². The summed E-state index contributed by atoms with van der Waals surface area (Å²) in [6, 6.07) is 8.29. The lowest BCUT2D eigenvalue weighted by molar-refractivity contribution is -0.144. The van der Waals surface area contributed by atoms with Crippen molar-refractivity contribution >= 4 is 47.3 Å². The number of benzene rings is 2. The number of likely N-dealkylation sites (N-methyl/N-ethyl adjacent to an activating group) is 2. The molecule has 406 valence electrons. The summed E-state index contributed by atoms with van der Waals surface area (Å²) in [5, 5.41) is 34.2. The lowest BCUT2D eigenvalue weighted by atomic mass is 9.85. The van der Waals surface area contributed by atoms with Gasteiger partial charge in [0.05, 0.1) is 24.2 Å². The Morgan fingerprint density at radius 1 is 0.573 bits per heavy atom. The summed E-state index contributed by atoms with van der Waals surface area (Å²) in [6.07, 6.45) is 4.92. The van der Waals surface area contributed by atoms with Crippen LogP contribution in [0.2, 0.25) is 0 Å². The van der Waals surface area contributed by atoms with Crippen LogP contribution in [0.25, 0.3) is 0 Å². The Morgan fingerprint density at radius 3 is 1.31 bits per heavy atom. The molecule has 2 aliphatic carbocycles. The highest BCUT2D eigenvalue weighted by molar-refractivity contribution is 6.05. The molecule has 21 heteroatoms. The largest absolute Gasteiger partial charge is 0.347 e. The summed E-state index contributed by atoms with van der Waals surface area (Å²) in [4.78, 5) is 116. The van der Waals surface area contributed by atoms with E-state index in [4.69, 9.17) is 0 Å². The van der Waals surface area contributed by atoms with Crippen molar-refractivity contribution < 1.29 is 38.4 Å². The maximum absolute atomic E-state index is 14.7. The van der Waals surface area contributed by atoms with Crippen molar-refractivity contribution in [2.75, 3.05) is 27.2 Å². The van der Waals surface area contributed by atoms with Crippen molar-refractivity contribution in [1.29, 1.82) is 0 Å². The molecule has 0 saturated carbocycles. The maximum Gasteiger partial charge on any atom is 0.274 e. The number of aromatic nitrogens is 3. The summed E-state index contributed by atoms with van der Waals surface area (Å²) >= 11 is 0. The van der Waals surface area contributed by atoms with Crippen LogP contribution in [0, 0.1) is 10.8 Å². The van der Waals surface area contributed by atoms with Gasteiger partial charge in [0, 0.05) is 25.2 Å². The Bertz CT molecular complexity index is 2450. The van der Waals surface area contributed by atoms with Crippen molar-refractivity contribution in [3.05, 3.63) is 82.2 Å². The number of nitrogens with one attached hydrogen (secondary N) is 9. The Hall–Kier alpha value is -6.74. The lowest BCUT2D eigenvalue weighted by Gasteiger charge is -2.36. The van der Waals surface area contributed by atoms with Gasteiger partial charge in [-0.15, -0.1) is 10.2 Å². The number of H-pyrrole nitrogens is 1. The van der Waals surface area contributed by atoms with Gasteiger partial charge in [-0.05, 0) is 112 Å². The van der Waals surface area contributed by atoms with Gasteiger partial charge in [0.1, 0.15) is 24.2 Å². The molecular weight excluding hydrogens is 959 g/mol. The number of nitrogens with zero attached hydrogens (tertiary/aromatic N) is 4. The average molecular weight is 1040 g/mol. The molecule has 21 nitrogen and oxygen atoms in total. The highest BCUT2D eigenvalue weighted by Crippen LogP contribution is 2.34. The number of fused-ring (bicyclic) bond motifs is 2. The van der Waals surface area contributed by atoms with Crippen LogP contribution in [0.1, 0.15) is 149 Å². The number of carbonyl (C=O) groups is 8. The molecule has 3 heterocycles. The van der Waals surface area contributed by atoms with Crippen LogP contribution in [0.3, 0.4) is 0 Å². The fourth-order valence-electron chi connectivity index (χ4n) is 10.7. The molecule has 2 saturated heterocycles. The first-order chi connectivity index (χ1) is 35.5. The van der Waals surface area contributed by atoms with E-state index in [2.05, 4.69) is 57.9 Å². The van der Waals surface area contributed by atoms with Gasteiger partial charge in [-0.2, -0.15) is 5.21 Å². The van der Waals surface area contributed by atoms with Crippen LogP contribution >= 0.6 is 0 Å². The predicted octanol–water partition coefficient (Wildman–Crippen LogP) is 1.87. The molecule has 2 aromatic carbocycles. The maximum atomic E-state index is 14.7. The van der Waals surface area contributed by atoms with E-state index in [9.17, 15) is 38.4 Å². The molecule has 75 heavy (non-hydrogen) atoms. The molecule has 2 aliphatic heterocycles. The molecule has 3 aromatic rings. The summed E-state index contributed by atoms with van der Waals surface area (Å²) < 4.78 is 0. The second kappa shape index (κ2) is 23.4.